The fourth-order valence-corrected chi connectivity index (χ4v) is 2.18. The maximum Gasteiger partial charge on any atom is 0.407 e. The molecular formula is C17H16ClFN2O3. The lowest BCUT2D eigenvalue weighted by molar-refractivity contribution is -0.123. The van der Waals surface area contributed by atoms with Crippen LogP contribution >= 0.6 is 11.6 Å². The van der Waals surface area contributed by atoms with E-state index in [2.05, 4.69) is 10.6 Å². The largest absolute Gasteiger partial charge is 0.439 e. The number of hydrogen-bond donors (Lipinski definition) is 2. The van der Waals surface area contributed by atoms with Gasteiger partial charge in [-0.05, 0) is 34.9 Å². The summed E-state index contributed by atoms with van der Waals surface area (Å²) >= 11 is 6.21. The van der Waals surface area contributed by atoms with Gasteiger partial charge >= 0.3 is 6.09 Å². The van der Waals surface area contributed by atoms with Gasteiger partial charge in [0.25, 0.3) is 5.91 Å². The Morgan fingerprint density at radius 2 is 1.79 bits per heavy atom. The summed E-state index contributed by atoms with van der Waals surface area (Å²) in [6.07, 6.45) is -0.711. The first-order valence-corrected chi connectivity index (χ1v) is 7.53. The molecule has 2 N–H and O–H groups in total. The molecule has 0 radical (unpaired) electrons. The molecule has 0 atom stereocenters. The summed E-state index contributed by atoms with van der Waals surface area (Å²) in [6.45, 7) is -0.186. The average molecular weight is 351 g/mol. The third kappa shape index (κ3) is 4.96. The molecule has 0 aliphatic carbocycles. The third-order valence-electron chi connectivity index (χ3n) is 3.27. The molecule has 126 valence electrons. The van der Waals surface area contributed by atoms with Crippen molar-refractivity contribution in [1.29, 1.82) is 0 Å². The van der Waals surface area contributed by atoms with Crippen LogP contribution in [-0.4, -0.2) is 25.7 Å². The van der Waals surface area contributed by atoms with Crippen LogP contribution in [0.2, 0.25) is 5.02 Å². The van der Waals surface area contributed by atoms with Gasteiger partial charge in [-0.15, -0.1) is 0 Å². The van der Waals surface area contributed by atoms with Gasteiger partial charge in [-0.25, -0.2) is 9.18 Å². The number of carbonyl (C=O) groups is 2. The number of alkyl carbamates (subject to hydrolysis) is 1. The van der Waals surface area contributed by atoms with E-state index in [0.29, 0.717) is 10.6 Å². The van der Waals surface area contributed by atoms with E-state index in [1.165, 1.54) is 19.2 Å². The lowest BCUT2D eigenvalue weighted by Gasteiger charge is -2.09. The van der Waals surface area contributed by atoms with Crippen LogP contribution in [0.1, 0.15) is 5.56 Å². The predicted octanol–water partition coefficient (Wildman–Crippen LogP) is 3.12. The van der Waals surface area contributed by atoms with Crippen molar-refractivity contribution in [2.45, 2.75) is 6.54 Å². The minimum absolute atomic E-state index is 0.162. The van der Waals surface area contributed by atoms with E-state index >= 15 is 0 Å². The van der Waals surface area contributed by atoms with Crippen LogP contribution in [0.15, 0.2) is 42.5 Å². The zero-order valence-electron chi connectivity index (χ0n) is 12.9. The highest BCUT2D eigenvalue weighted by Gasteiger charge is 2.08. The van der Waals surface area contributed by atoms with E-state index in [9.17, 15) is 14.0 Å². The number of hydrogen-bond acceptors (Lipinski definition) is 3. The van der Waals surface area contributed by atoms with E-state index in [1.807, 2.05) is 6.07 Å². The van der Waals surface area contributed by atoms with Crippen molar-refractivity contribution in [1.82, 2.24) is 10.6 Å². The Bertz CT molecular complexity index is 735. The number of rotatable bonds is 5. The SMILES string of the molecule is CNC(=O)COC(=O)NCc1ccc(-c2ccc(F)cc2)cc1Cl. The standard InChI is InChI=1S/C17H16ClFN2O3/c1-20-16(22)10-24-17(23)21-9-13-3-2-12(8-15(13)18)11-4-6-14(19)7-5-11/h2-8H,9-10H2,1H3,(H,20,22)(H,21,23). The molecule has 2 aromatic carbocycles. The Labute approximate surface area is 143 Å². The average Bonchev–Trinajstić information content (AvgIpc) is 2.59. The van der Waals surface area contributed by atoms with E-state index in [4.69, 9.17) is 16.3 Å². The van der Waals surface area contributed by atoms with Crippen molar-refractivity contribution < 1.29 is 18.7 Å². The molecule has 0 aliphatic heterocycles. The summed E-state index contributed by atoms with van der Waals surface area (Å²) in [4.78, 5) is 22.5. The molecule has 7 heteroatoms. The first kappa shape index (κ1) is 17.7. The number of halogens is 2. The van der Waals surface area contributed by atoms with Gasteiger partial charge in [-0.1, -0.05) is 35.9 Å². The second-order valence-electron chi connectivity index (χ2n) is 4.92. The second-order valence-corrected chi connectivity index (χ2v) is 5.32. The Morgan fingerprint density at radius 1 is 1.12 bits per heavy atom. The fourth-order valence-electron chi connectivity index (χ4n) is 1.93. The molecule has 0 saturated carbocycles. The molecule has 2 aromatic rings. The van der Waals surface area contributed by atoms with Crippen molar-refractivity contribution in [3.63, 3.8) is 0 Å². The Kier molecular flexibility index (Phi) is 6.14. The number of likely N-dealkylation sites (N-methyl/N-ethyl adjacent to an activating group) is 1. The minimum Gasteiger partial charge on any atom is -0.439 e. The highest BCUT2D eigenvalue weighted by Crippen LogP contribution is 2.25. The first-order valence-electron chi connectivity index (χ1n) is 7.15. The minimum atomic E-state index is -0.711. The molecule has 0 aliphatic rings. The fraction of sp³-hybridized carbons (Fsp3) is 0.176. The lowest BCUT2D eigenvalue weighted by Crippen LogP contribution is -2.30. The summed E-state index contributed by atoms with van der Waals surface area (Å²) in [5.41, 5.74) is 2.37. The van der Waals surface area contributed by atoms with E-state index in [-0.39, 0.29) is 19.0 Å². The van der Waals surface area contributed by atoms with Gasteiger partial charge in [-0.2, -0.15) is 0 Å². The zero-order chi connectivity index (χ0) is 17.5. The van der Waals surface area contributed by atoms with Crippen LogP contribution in [0.5, 0.6) is 0 Å². The topological polar surface area (TPSA) is 67.4 Å². The number of amides is 2. The van der Waals surface area contributed by atoms with E-state index < -0.39 is 12.0 Å². The summed E-state index contributed by atoms with van der Waals surface area (Å²) in [6, 6.07) is 11.4. The molecular weight excluding hydrogens is 335 g/mol. The third-order valence-corrected chi connectivity index (χ3v) is 3.62. The molecule has 0 unspecified atom stereocenters. The maximum atomic E-state index is 13.0. The van der Waals surface area contributed by atoms with Crippen LogP contribution in [0.3, 0.4) is 0 Å². The van der Waals surface area contributed by atoms with Crippen molar-refractivity contribution in [2.75, 3.05) is 13.7 Å². The van der Waals surface area contributed by atoms with Gasteiger partial charge < -0.3 is 15.4 Å². The summed E-state index contributed by atoms with van der Waals surface area (Å²) in [5, 5.41) is 5.31. The highest BCUT2D eigenvalue weighted by molar-refractivity contribution is 6.31. The van der Waals surface area contributed by atoms with Crippen molar-refractivity contribution in [3.8, 4) is 11.1 Å². The molecule has 2 rings (SSSR count). The number of nitrogens with one attached hydrogen (secondary N) is 2. The number of ether oxygens (including phenoxy) is 1. The molecule has 0 spiro atoms. The Hall–Kier alpha value is -2.60. The molecule has 0 saturated heterocycles. The highest BCUT2D eigenvalue weighted by atomic mass is 35.5. The predicted molar refractivity (Wildman–Crippen MR) is 89.1 cm³/mol. The van der Waals surface area contributed by atoms with Crippen LogP contribution in [-0.2, 0) is 16.1 Å². The van der Waals surface area contributed by atoms with Gasteiger partial charge in [0.1, 0.15) is 5.82 Å². The van der Waals surface area contributed by atoms with Crippen molar-refractivity contribution in [2.24, 2.45) is 0 Å². The normalized spacial score (nSPS) is 10.1. The summed E-state index contributed by atoms with van der Waals surface area (Å²) in [5.74, 6) is -0.701. The first-order chi connectivity index (χ1) is 11.5. The lowest BCUT2D eigenvalue weighted by atomic mass is 10.0. The van der Waals surface area contributed by atoms with Crippen LogP contribution in [0.4, 0.5) is 9.18 Å². The molecule has 0 bridgehead atoms. The Balaban J connectivity index is 1.96. The van der Waals surface area contributed by atoms with Gasteiger partial charge in [-0.3, -0.25) is 4.79 Å². The molecule has 2 amide bonds. The van der Waals surface area contributed by atoms with Gasteiger partial charge in [0.05, 0.1) is 0 Å². The van der Waals surface area contributed by atoms with Crippen molar-refractivity contribution >= 4 is 23.6 Å². The molecule has 5 nitrogen and oxygen atoms in total. The molecule has 0 fully saturated rings. The molecule has 24 heavy (non-hydrogen) atoms. The smallest absolute Gasteiger partial charge is 0.407 e. The molecule has 0 heterocycles. The van der Waals surface area contributed by atoms with E-state index in [0.717, 1.165) is 11.1 Å². The molecule has 0 aromatic heterocycles. The van der Waals surface area contributed by atoms with Crippen LogP contribution in [0.25, 0.3) is 11.1 Å². The quantitative estimate of drug-likeness (QED) is 0.870. The van der Waals surface area contributed by atoms with Gasteiger partial charge in [0.2, 0.25) is 0 Å². The van der Waals surface area contributed by atoms with Crippen molar-refractivity contribution in [3.05, 3.63) is 58.9 Å². The number of benzene rings is 2. The van der Waals surface area contributed by atoms with Crippen LogP contribution < -0.4 is 10.6 Å². The monoisotopic (exact) mass is 350 g/mol. The summed E-state index contributed by atoms with van der Waals surface area (Å²) < 4.78 is 17.7. The van der Waals surface area contributed by atoms with Gasteiger partial charge in [0, 0.05) is 18.6 Å². The maximum absolute atomic E-state index is 13.0. The summed E-state index contributed by atoms with van der Waals surface area (Å²) in [7, 11) is 1.45. The van der Waals surface area contributed by atoms with Gasteiger partial charge in [0.15, 0.2) is 6.61 Å². The van der Waals surface area contributed by atoms with Crippen LogP contribution in [0, 0.1) is 5.82 Å². The zero-order valence-corrected chi connectivity index (χ0v) is 13.7. The van der Waals surface area contributed by atoms with E-state index in [1.54, 1.807) is 24.3 Å². The number of carbonyl (C=O) groups excluding carboxylic acids is 2. The second kappa shape index (κ2) is 8.31. The Morgan fingerprint density at radius 3 is 2.42 bits per heavy atom.